The van der Waals surface area contributed by atoms with Gasteiger partial charge in [-0.25, -0.2) is 4.79 Å². The van der Waals surface area contributed by atoms with Gasteiger partial charge in [0.2, 0.25) is 0 Å². The molecule has 53 heavy (non-hydrogen) atoms. The first-order chi connectivity index (χ1) is 25.4. The number of carbonyl (C=O) groups is 2. The Hall–Kier alpha value is -5.82. The summed E-state index contributed by atoms with van der Waals surface area (Å²) in [4.78, 5) is 26.0. The molecule has 0 bridgehead atoms. The summed E-state index contributed by atoms with van der Waals surface area (Å²) in [6.07, 6.45) is 0.724. The summed E-state index contributed by atoms with van der Waals surface area (Å²) in [6, 6.07) is 16.1. The van der Waals surface area contributed by atoms with Crippen LogP contribution in [0.2, 0.25) is 0 Å². The summed E-state index contributed by atoms with van der Waals surface area (Å²) in [6.45, 7) is 0.127. The molecule has 4 atom stereocenters. The molecule has 2 saturated heterocycles. The van der Waals surface area contributed by atoms with E-state index in [2.05, 4.69) is 0 Å². The maximum Gasteiger partial charge on any atom is 0.338 e. The van der Waals surface area contributed by atoms with E-state index in [0.29, 0.717) is 28.9 Å². The third-order valence-electron chi connectivity index (χ3n) is 10.2. The third-order valence-corrected chi connectivity index (χ3v) is 10.2. The molecule has 0 amide bonds. The smallest absolute Gasteiger partial charge is 0.338 e. The quantitative estimate of drug-likeness (QED) is 0.121. The molecule has 5 N–H and O–H groups in total. The second-order valence-electron chi connectivity index (χ2n) is 13.4. The lowest BCUT2D eigenvalue weighted by molar-refractivity contribution is -0.154. The van der Waals surface area contributed by atoms with Crippen LogP contribution in [0.3, 0.4) is 0 Å². The first-order valence-electron chi connectivity index (χ1n) is 17.0. The van der Waals surface area contributed by atoms with Crippen LogP contribution in [-0.4, -0.2) is 84.7 Å². The maximum atomic E-state index is 13.0. The summed E-state index contributed by atoms with van der Waals surface area (Å²) in [5.41, 5.74) is 1.06. The number of hydrogen-bond donors (Lipinski definition) is 5. The number of benzene rings is 4. The Morgan fingerprint density at radius 3 is 1.70 bits per heavy atom. The number of esters is 2. The number of rotatable bonds is 13. The fraction of sp³-hybridized carbons (Fsp3) is 0.350. The summed E-state index contributed by atoms with van der Waals surface area (Å²) < 4.78 is 32.3. The lowest BCUT2D eigenvalue weighted by Crippen LogP contribution is -2.44. The molecule has 6 rings (SSSR count). The molecule has 0 saturated carbocycles. The molecule has 2 aliphatic rings. The van der Waals surface area contributed by atoms with Gasteiger partial charge in [0, 0.05) is 29.4 Å². The first kappa shape index (κ1) is 37.0. The van der Waals surface area contributed by atoms with E-state index in [1.807, 2.05) is 0 Å². The number of phenols is 4. The normalized spacial score (nSPS) is 20.9. The Morgan fingerprint density at radius 2 is 1.13 bits per heavy atom. The Kier molecular flexibility index (Phi) is 10.5. The maximum absolute atomic E-state index is 13.0. The highest BCUT2D eigenvalue weighted by Crippen LogP contribution is 2.47. The lowest BCUT2D eigenvalue weighted by atomic mass is 9.80. The summed E-state index contributed by atoms with van der Waals surface area (Å²) in [5.74, 6) is -2.51. The molecule has 0 radical (unpaired) electrons. The van der Waals surface area contributed by atoms with Gasteiger partial charge in [-0.3, -0.25) is 4.79 Å². The number of ether oxygens (including phenoxy) is 6. The van der Waals surface area contributed by atoms with Gasteiger partial charge in [-0.05, 0) is 90.0 Å². The Balaban J connectivity index is 1.31. The number of methoxy groups -OCH3 is 4. The molecule has 4 aromatic rings. The number of carbonyl (C=O) groups excluding carboxylic acids is 2. The van der Waals surface area contributed by atoms with E-state index in [4.69, 9.17) is 28.4 Å². The number of aliphatic hydroxyl groups is 1. The SMILES string of the molecule is COc1cc(C[C@H]2COC(=O)[C@@H]2Cc2cc(OC)c(O)c(-c3cc(C[C@@H]4COC(=O)[C@@]4(O)Cc4ccc(O)c(OC)c4)cc(OC)c3O)c2)ccc1O. The van der Waals surface area contributed by atoms with Crippen LogP contribution in [0.1, 0.15) is 22.3 Å². The predicted octanol–water partition coefficient (Wildman–Crippen LogP) is 4.47. The van der Waals surface area contributed by atoms with E-state index in [1.165, 1.54) is 40.6 Å². The summed E-state index contributed by atoms with van der Waals surface area (Å²) >= 11 is 0. The van der Waals surface area contributed by atoms with E-state index in [0.717, 1.165) is 5.56 Å². The molecule has 0 aromatic heterocycles. The van der Waals surface area contributed by atoms with Crippen molar-refractivity contribution in [2.75, 3.05) is 41.7 Å². The number of aromatic hydroxyl groups is 4. The Bertz CT molecular complexity index is 2020. The van der Waals surface area contributed by atoms with Crippen molar-refractivity contribution in [2.45, 2.75) is 31.3 Å². The fourth-order valence-electron chi connectivity index (χ4n) is 7.23. The fourth-order valence-corrected chi connectivity index (χ4v) is 7.23. The number of cyclic esters (lactones) is 2. The zero-order chi connectivity index (χ0) is 38.0. The predicted molar refractivity (Wildman–Crippen MR) is 190 cm³/mol. The average Bonchev–Trinajstić information content (AvgIpc) is 3.63. The van der Waals surface area contributed by atoms with Crippen molar-refractivity contribution in [3.05, 3.63) is 82.9 Å². The van der Waals surface area contributed by atoms with Crippen molar-refractivity contribution in [3.63, 3.8) is 0 Å². The zero-order valence-electron chi connectivity index (χ0n) is 29.8. The average molecular weight is 731 g/mol. The molecule has 0 spiro atoms. The van der Waals surface area contributed by atoms with Crippen molar-refractivity contribution < 1.29 is 63.5 Å². The Labute approximate surface area is 305 Å². The van der Waals surface area contributed by atoms with Crippen molar-refractivity contribution >= 4 is 11.9 Å². The molecule has 2 heterocycles. The highest BCUT2D eigenvalue weighted by Gasteiger charge is 2.51. The monoisotopic (exact) mass is 730 g/mol. The molecule has 4 aromatic carbocycles. The first-order valence-corrected chi connectivity index (χ1v) is 17.0. The summed E-state index contributed by atoms with van der Waals surface area (Å²) in [7, 11) is 5.64. The van der Waals surface area contributed by atoms with Gasteiger partial charge >= 0.3 is 11.9 Å². The van der Waals surface area contributed by atoms with E-state index in [-0.39, 0.29) is 95.7 Å². The van der Waals surface area contributed by atoms with Crippen molar-refractivity contribution in [2.24, 2.45) is 17.8 Å². The standard InChI is InChI=1S/C40H42O13/c1-48-32-14-21(5-7-30(32)41)9-25-19-52-38(45)27(25)11-24-13-29(37(44)35(17-24)51-4)28-12-23(16-34(50-3)36(28)43)10-26-20-53-39(46)40(26,47)18-22-6-8-31(42)33(15-22)49-2/h5-8,12-17,25-27,41-44,47H,9-11,18-20H2,1-4H3/t25-,26+,27+,40+/m0/s1. The summed E-state index contributed by atoms with van der Waals surface area (Å²) in [5, 5.41) is 54.5. The molecule has 2 aliphatic heterocycles. The van der Waals surface area contributed by atoms with E-state index >= 15 is 0 Å². The zero-order valence-corrected chi connectivity index (χ0v) is 29.8. The lowest BCUT2D eigenvalue weighted by Gasteiger charge is -2.26. The van der Waals surface area contributed by atoms with Crippen LogP contribution in [0.15, 0.2) is 60.7 Å². The van der Waals surface area contributed by atoms with Gasteiger partial charge in [-0.1, -0.05) is 12.1 Å². The van der Waals surface area contributed by atoms with E-state index in [1.54, 1.807) is 48.5 Å². The van der Waals surface area contributed by atoms with E-state index < -0.39 is 23.4 Å². The van der Waals surface area contributed by atoms with Crippen LogP contribution >= 0.6 is 0 Å². The van der Waals surface area contributed by atoms with Gasteiger partial charge in [-0.15, -0.1) is 0 Å². The van der Waals surface area contributed by atoms with Crippen LogP contribution in [0.4, 0.5) is 0 Å². The van der Waals surface area contributed by atoms with Crippen LogP contribution < -0.4 is 18.9 Å². The Morgan fingerprint density at radius 1 is 0.623 bits per heavy atom. The van der Waals surface area contributed by atoms with Crippen molar-refractivity contribution in [1.29, 1.82) is 0 Å². The molecule has 13 heteroatoms. The van der Waals surface area contributed by atoms with Gasteiger partial charge in [0.05, 0.1) is 47.6 Å². The second-order valence-corrected chi connectivity index (χ2v) is 13.4. The van der Waals surface area contributed by atoms with Crippen LogP contribution in [-0.2, 0) is 44.7 Å². The molecule has 13 nitrogen and oxygen atoms in total. The molecule has 0 unspecified atom stereocenters. The van der Waals surface area contributed by atoms with Gasteiger partial charge in [0.1, 0.15) is 0 Å². The molecule has 0 aliphatic carbocycles. The number of phenolic OH excluding ortho intramolecular Hbond substituents is 4. The molecule has 2 fully saturated rings. The van der Waals surface area contributed by atoms with Crippen molar-refractivity contribution in [1.82, 2.24) is 0 Å². The van der Waals surface area contributed by atoms with Crippen LogP contribution in [0.5, 0.6) is 46.0 Å². The van der Waals surface area contributed by atoms with Crippen LogP contribution in [0, 0.1) is 17.8 Å². The number of hydrogen-bond acceptors (Lipinski definition) is 13. The van der Waals surface area contributed by atoms with Gasteiger partial charge in [0.15, 0.2) is 51.6 Å². The molecular weight excluding hydrogens is 688 g/mol. The highest BCUT2D eigenvalue weighted by atomic mass is 16.6. The van der Waals surface area contributed by atoms with Crippen molar-refractivity contribution in [3.8, 4) is 57.1 Å². The van der Waals surface area contributed by atoms with Crippen LogP contribution in [0.25, 0.3) is 11.1 Å². The minimum Gasteiger partial charge on any atom is -0.504 e. The van der Waals surface area contributed by atoms with Gasteiger partial charge in [0.25, 0.3) is 0 Å². The highest BCUT2D eigenvalue weighted by molar-refractivity contribution is 5.83. The van der Waals surface area contributed by atoms with E-state index in [9.17, 15) is 35.1 Å². The molecular formula is C40H42O13. The second kappa shape index (κ2) is 15.0. The minimum absolute atomic E-state index is 0.00935. The minimum atomic E-state index is -1.92. The largest absolute Gasteiger partial charge is 0.504 e. The third kappa shape index (κ3) is 7.29. The van der Waals surface area contributed by atoms with Gasteiger partial charge in [-0.2, -0.15) is 0 Å². The topological polar surface area (TPSA) is 191 Å². The van der Waals surface area contributed by atoms with Gasteiger partial charge < -0.3 is 54.0 Å². The molecule has 280 valence electrons.